The molecule has 2 aromatic rings. The molecule has 0 radical (unpaired) electrons. The number of primary amides is 1. The molecule has 1 saturated carbocycles. The van der Waals surface area contributed by atoms with Crippen molar-refractivity contribution in [2.45, 2.75) is 97.9 Å². The zero-order valence-electron chi connectivity index (χ0n) is 19.8. The molecule has 2 N–H and O–H groups in total. The van der Waals surface area contributed by atoms with Crippen LogP contribution in [0.25, 0.3) is 11.4 Å². The molecular formula is C25H38N4O. The SMILES string of the molecule is Cc1c(C(C)(C)C)cc(-c2nc(C(N)=O)nn2CC2CCCCC2)cc1C(C)(C)C. The van der Waals surface area contributed by atoms with E-state index in [-0.39, 0.29) is 16.7 Å². The minimum Gasteiger partial charge on any atom is -0.363 e. The van der Waals surface area contributed by atoms with E-state index in [0.29, 0.717) is 5.92 Å². The molecule has 5 heteroatoms. The molecule has 1 amide bonds. The average Bonchev–Trinajstić information content (AvgIpc) is 3.05. The lowest BCUT2D eigenvalue weighted by Gasteiger charge is -2.30. The van der Waals surface area contributed by atoms with E-state index in [4.69, 9.17) is 5.73 Å². The van der Waals surface area contributed by atoms with Crippen molar-refractivity contribution in [3.63, 3.8) is 0 Å². The summed E-state index contributed by atoms with van der Waals surface area (Å²) < 4.78 is 1.93. The molecule has 3 rings (SSSR count). The summed E-state index contributed by atoms with van der Waals surface area (Å²) in [5, 5.41) is 4.52. The fraction of sp³-hybridized carbons (Fsp3) is 0.640. The fourth-order valence-corrected chi connectivity index (χ4v) is 4.80. The molecule has 1 aromatic carbocycles. The highest BCUT2D eigenvalue weighted by Gasteiger charge is 2.27. The van der Waals surface area contributed by atoms with E-state index in [9.17, 15) is 4.79 Å². The Bertz CT molecular complexity index is 887. The van der Waals surface area contributed by atoms with Gasteiger partial charge in [-0.1, -0.05) is 60.8 Å². The third kappa shape index (κ3) is 4.76. The van der Waals surface area contributed by atoms with Crippen molar-refractivity contribution in [3.8, 4) is 11.4 Å². The van der Waals surface area contributed by atoms with Crippen LogP contribution in [0, 0.1) is 12.8 Å². The Morgan fingerprint density at radius 2 is 1.57 bits per heavy atom. The van der Waals surface area contributed by atoms with Gasteiger partial charge < -0.3 is 5.73 Å². The van der Waals surface area contributed by atoms with Gasteiger partial charge in [0.2, 0.25) is 5.82 Å². The quantitative estimate of drug-likeness (QED) is 0.720. The first-order valence-corrected chi connectivity index (χ1v) is 11.3. The van der Waals surface area contributed by atoms with Gasteiger partial charge in [-0.25, -0.2) is 9.67 Å². The molecule has 0 unspecified atom stereocenters. The molecule has 164 valence electrons. The molecule has 5 nitrogen and oxygen atoms in total. The third-order valence-corrected chi connectivity index (χ3v) is 6.33. The monoisotopic (exact) mass is 410 g/mol. The molecule has 0 spiro atoms. The molecular weight excluding hydrogens is 372 g/mol. The summed E-state index contributed by atoms with van der Waals surface area (Å²) in [7, 11) is 0. The second-order valence-electron chi connectivity index (χ2n) is 11.0. The van der Waals surface area contributed by atoms with Crippen LogP contribution in [0.1, 0.15) is 101 Å². The Morgan fingerprint density at radius 3 is 2.03 bits per heavy atom. The van der Waals surface area contributed by atoms with E-state index in [0.717, 1.165) is 17.9 Å². The molecule has 0 aliphatic heterocycles. The van der Waals surface area contributed by atoms with Gasteiger partial charge in [0.25, 0.3) is 5.91 Å². The highest BCUT2D eigenvalue weighted by Crippen LogP contribution is 2.37. The number of aromatic nitrogens is 3. The zero-order chi connectivity index (χ0) is 22.3. The van der Waals surface area contributed by atoms with Crippen molar-refractivity contribution in [2.75, 3.05) is 0 Å². The van der Waals surface area contributed by atoms with Crippen molar-refractivity contribution < 1.29 is 4.79 Å². The van der Waals surface area contributed by atoms with Gasteiger partial charge in [-0.15, -0.1) is 5.10 Å². The van der Waals surface area contributed by atoms with Crippen LogP contribution in [0.2, 0.25) is 0 Å². The molecule has 1 heterocycles. The summed E-state index contributed by atoms with van der Waals surface area (Å²) in [6.45, 7) is 16.5. The van der Waals surface area contributed by atoms with E-state index < -0.39 is 5.91 Å². The minimum atomic E-state index is -0.571. The van der Waals surface area contributed by atoms with Crippen molar-refractivity contribution in [2.24, 2.45) is 11.7 Å². The number of carbonyl (C=O) groups is 1. The molecule has 1 aromatic heterocycles. The highest BCUT2D eigenvalue weighted by atomic mass is 16.1. The normalized spacial score (nSPS) is 16.1. The minimum absolute atomic E-state index is 0.000825. The maximum atomic E-state index is 11.9. The van der Waals surface area contributed by atoms with Crippen LogP contribution in [-0.4, -0.2) is 20.7 Å². The van der Waals surface area contributed by atoms with E-state index in [1.54, 1.807) is 0 Å². The first kappa shape index (κ1) is 22.5. The lowest BCUT2D eigenvalue weighted by atomic mass is 9.75. The van der Waals surface area contributed by atoms with Crippen molar-refractivity contribution in [1.82, 2.24) is 14.8 Å². The zero-order valence-corrected chi connectivity index (χ0v) is 19.8. The molecule has 0 atom stereocenters. The van der Waals surface area contributed by atoms with Crippen LogP contribution in [0.15, 0.2) is 12.1 Å². The number of rotatable bonds is 4. The van der Waals surface area contributed by atoms with Crippen LogP contribution < -0.4 is 5.73 Å². The Morgan fingerprint density at radius 1 is 1.03 bits per heavy atom. The Balaban J connectivity index is 2.17. The van der Waals surface area contributed by atoms with E-state index in [1.807, 2.05) is 4.68 Å². The summed E-state index contributed by atoms with van der Waals surface area (Å²) in [6.07, 6.45) is 6.27. The summed E-state index contributed by atoms with van der Waals surface area (Å²) in [5.41, 5.74) is 10.5. The molecule has 0 saturated heterocycles. The van der Waals surface area contributed by atoms with Gasteiger partial charge in [0.05, 0.1) is 0 Å². The van der Waals surface area contributed by atoms with Gasteiger partial charge in [-0.2, -0.15) is 0 Å². The predicted octanol–water partition coefficient (Wildman–Crippen LogP) is 5.53. The number of nitrogens with two attached hydrogens (primary N) is 1. The number of hydrogen-bond acceptors (Lipinski definition) is 3. The molecule has 0 bridgehead atoms. The first-order valence-electron chi connectivity index (χ1n) is 11.3. The second-order valence-corrected chi connectivity index (χ2v) is 11.0. The van der Waals surface area contributed by atoms with Crippen LogP contribution in [0.3, 0.4) is 0 Å². The molecule has 1 fully saturated rings. The van der Waals surface area contributed by atoms with Crippen LogP contribution in [0.4, 0.5) is 0 Å². The fourth-order valence-electron chi connectivity index (χ4n) is 4.80. The summed E-state index contributed by atoms with van der Waals surface area (Å²) in [4.78, 5) is 16.5. The number of nitrogens with zero attached hydrogens (tertiary/aromatic N) is 3. The first-order chi connectivity index (χ1) is 13.9. The summed E-state index contributed by atoms with van der Waals surface area (Å²) >= 11 is 0. The number of amides is 1. The van der Waals surface area contributed by atoms with E-state index >= 15 is 0 Å². The van der Waals surface area contributed by atoms with Crippen molar-refractivity contribution in [3.05, 3.63) is 34.6 Å². The average molecular weight is 411 g/mol. The predicted molar refractivity (Wildman–Crippen MR) is 123 cm³/mol. The third-order valence-electron chi connectivity index (χ3n) is 6.33. The summed E-state index contributed by atoms with van der Waals surface area (Å²) in [6, 6.07) is 4.47. The maximum absolute atomic E-state index is 11.9. The smallest absolute Gasteiger partial charge is 0.288 e. The molecule has 1 aliphatic carbocycles. The van der Waals surface area contributed by atoms with Gasteiger partial charge in [0, 0.05) is 12.1 Å². The van der Waals surface area contributed by atoms with E-state index in [1.165, 1.54) is 48.8 Å². The number of hydrogen-bond donors (Lipinski definition) is 1. The Labute approximate surface area is 181 Å². The largest absolute Gasteiger partial charge is 0.363 e. The molecule has 30 heavy (non-hydrogen) atoms. The number of carbonyl (C=O) groups excluding carboxylic acids is 1. The lowest BCUT2D eigenvalue weighted by molar-refractivity contribution is 0.0990. The highest BCUT2D eigenvalue weighted by molar-refractivity contribution is 5.89. The Hall–Kier alpha value is -2.17. The van der Waals surface area contributed by atoms with Gasteiger partial charge in [-0.05, 0) is 65.3 Å². The number of benzene rings is 1. The summed E-state index contributed by atoms with van der Waals surface area (Å²) in [5.74, 6) is 0.869. The van der Waals surface area contributed by atoms with Gasteiger partial charge >= 0.3 is 0 Å². The van der Waals surface area contributed by atoms with Gasteiger partial charge in [0.1, 0.15) is 0 Å². The van der Waals surface area contributed by atoms with E-state index in [2.05, 4.69) is 70.7 Å². The van der Waals surface area contributed by atoms with Crippen molar-refractivity contribution >= 4 is 5.91 Å². The van der Waals surface area contributed by atoms with Crippen LogP contribution in [0.5, 0.6) is 0 Å². The van der Waals surface area contributed by atoms with Crippen LogP contribution in [-0.2, 0) is 17.4 Å². The standard InChI is InChI=1S/C25H38N4O/c1-16-19(24(2,3)4)13-18(14-20(16)25(5,6)7)23-27-22(21(26)30)28-29(23)15-17-11-9-8-10-12-17/h13-14,17H,8-12,15H2,1-7H3,(H2,26,30). The maximum Gasteiger partial charge on any atom is 0.288 e. The Kier molecular flexibility index (Phi) is 6.13. The topological polar surface area (TPSA) is 73.8 Å². The van der Waals surface area contributed by atoms with Gasteiger partial charge in [-0.3, -0.25) is 4.79 Å². The van der Waals surface area contributed by atoms with Crippen molar-refractivity contribution in [1.29, 1.82) is 0 Å². The second kappa shape index (κ2) is 8.16. The van der Waals surface area contributed by atoms with Gasteiger partial charge in [0.15, 0.2) is 5.82 Å². The lowest BCUT2D eigenvalue weighted by Crippen LogP contribution is -2.20. The molecule has 1 aliphatic rings. The van der Waals surface area contributed by atoms with Crippen LogP contribution >= 0.6 is 0 Å².